The minimum atomic E-state index is -0.512. The molecule has 160 valence electrons. The SMILES string of the molecule is CCCN(CCN(C)C(=O)OC(C)(C)C)c1cc(-c2cccc(Cl)c2Cl)nn1C. The number of ether oxygens (including phenoxy) is 1. The van der Waals surface area contributed by atoms with E-state index < -0.39 is 5.60 Å². The number of rotatable bonds is 7. The number of amides is 1. The molecule has 0 spiro atoms. The average Bonchev–Trinajstić information content (AvgIpc) is 3.00. The van der Waals surface area contributed by atoms with E-state index in [9.17, 15) is 4.79 Å². The highest BCUT2D eigenvalue weighted by molar-refractivity contribution is 6.43. The van der Waals surface area contributed by atoms with Crippen LogP contribution in [0.25, 0.3) is 11.3 Å². The normalized spacial score (nSPS) is 11.4. The summed E-state index contributed by atoms with van der Waals surface area (Å²) >= 11 is 12.5. The first-order valence-corrected chi connectivity index (χ1v) is 10.5. The number of carbonyl (C=O) groups is 1. The summed E-state index contributed by atoms with van der Waals surface area (Å²) in [5, 5.41) is 5.62. The number of nitrogens with zero attached hydrogens (tertiary/aromatic N) is 4. The van der Waals surface area contributed by atoms with Gasteiger partial charge in [-0.05, 0) is 33.3 Å². The fourth-order valence-corrected chi connectivity index (χ4v) is 3.30. The highest BCUT2D eigenvalue weighted by Gasteiger charge is 2.21. The first-order chi connectivity index (χ1) is 13.5. The van der Waals surface area contributed by atoms with E-state index in [0.29, 0.717) is 23.1 Å². The number of aryl methyl sites for hydroxylation is 1. The molecule has 0 atom stereocenters. The molecule has 6 nitrogen and oxygen atoms in total. The Kier molecular flexibility index (Phi) is 7.83. The van der Waals surface area contributed by atoms with Gasteiger partial charge in [0, 0.05) is 45.4 Å². The zero-order valence-corrected chi connectivity index (χ0v) is 19.5. The first-order valence-electron chi connectivity index (χ1n) is 9.71. The van der Waals surface area contributed by atoms with Crippen molar-refractivity contribution in [2.75, 3.05) is 31.6 Å². The monoisotopic (exact) mass is 440 g/mol. The molecule has 0 saturated heterocycles. The van der Waals surface area contributed by atoms with Crippen molar-refractivity contribution < 1.29 is 9.53 Å². The minimum absolute atomic E-state index is 0.328. The number of carbonyl (C=O) groups excluding carboxylic acids is 1. The second kappa shape index (κ2) is 9.72. The summed E-state index contributed by atoms with van der Waals surface area (Å²) in [4.78, 5) is 16.0. The molecule has 0 aliphatic heterocycles. The van der Waals surface area contributed by atoms with Crippen molar-refractivity contribution in [3.05, 3.63) is 34.3 Å². The topological polar surface area (TPSA) is 50.6 Å². The number of aromatic nitrogens is 2. The van der Waals surface area contributed by atoms with Gasteiger partial charge in [-0.15, -0.1) is 0 Å². The fraction of sp³-hybridized carbons (Fsp3) is 0.524. The summed E-state index contributed by atoms with van der Waals surface area (Å²) in [6, 6.07) is 7.52. The van der Waals surface area contributed by atoms with Crippen molar-refractivity contribution in [3.8, 4) is 11.3 Å². The van der Waals surface area contributed by atoms with Crippen molar-refractivity contribution in [2.24, 2.45) is 7.05 Å². The van der Waals surface area contributed by atoms with Gasteiger partial charge in [0.05, 0.1) is 15.7 Å². The molecule has 1 aromatic heterocycles. The van der Waals surface area contributed by atoms with E-state index in [2.05, 4.69) is 16.9 Å². The molecule has 1 heterocycles. The zero-order valence-electron chi connectivity index (χ0n) is 18.0. The molecule has 2 aromatic rings. The quantitative estimate of drug-likeness (QED) is 0.571. The summed E-state index contributed by atoms with van der Waals surface area (Å²) in [5.41, 5.74) is 1.04. The summed E-state index contributed by atoms with van der Waals surface area (Å²) in [6.45, 7) is 9.74. The maximum atomic E-state index is 12.2. The molecule has 0 aliphatic rings. The Morgan fingerprint density at radius 2 is 1.90 bits per heavy atom. The molecule has 0 fully saturated rings. The number of halogens is 2. The molecule has 1 aromatic carbocycles. The minimum Gasteiger partial charge on any atom is -0.444 e. The van der Waals surface area contributed by atoms with Gasteiger partial charge in [0.2, 0.25) is 0 Å². The van der Waals surface area contributed by atoms with Gasteiger partial charge in [-0.3, -0.25) is 4.68 Å². The summed E-state index contributed by atoms with van der Waals surface area (Å²) in [5.74, 6) is 0.954. The van der Waals surface area contributed by atoms with Gasteiger partial charge in [-0.1, -0.05) is 42.3 Å². The van der Waals surface area contributed by atoms with Crippen LogP contribution >= 0.6 is 23.2 Å². The molecular weight excluding hydrogens is 411 g/mol. The van der Waals surface area contributed by atoms with Crippen LogP contribution in [0.4, 0.5) is 10.6 Å². The smallest absolute Gasteiger partial charge is 0.410 e. The number of anilines is 1. The molecule has 0 unspecified atom stereocenters. The van der Waals surface area contributed by atoms with Gasteiger partial charge in [0.15, 0.2) is 0 Å². The van der Waals surface area contributed by atoms with Crippen molar-refractivity contribution in [1.29, 1.82) is 0 Å². The van der Waals surface area contributed by atoms with Gasteiger partial charge in [0.25, 0.3) is 0 Å². The van der Waals surface area contributed by atoms with Crippen LogP contribution in [0.1, 0.15) is 34.1 Å². The van der Waals surface area contributed by atoms with Crippen LogP contribution in [0.15, 0.2) is 24.3 Å². The highest BCUT2D eigenvalue weighted by atomic mass is 35.5. The lowest BCUT2D eigenvalue weighted by Crippen LogP contribution is -2.40. The van der Waals surface area contributed by atoms with Crippen LogP contribution in [0.3, 0.4) is 0 Å². The Bertz CT molecular complexity index is 846. The van der Waals surface area contributed by atoms with Crippen molar-refractivity contribution in [3.63, 3.8) is 0 Å². The first kappa shape index (κ1) is 23.4. The Morgan fingerprint density at radius 1 is 1.21 bits per heavy atom. The largest absolute Gasteiger partial charge is 0.444 e. The molecule has 0 radical (unpaired) electrons. The molecule has 0 bridgehead atoms. The van der Waals surface area contributed by atoms with Gasteiger partial charge in [-0.2, -0.15) is 5.10 Å². The van der Waals surface area contributed by atoms with Crippen LogP contribution in [-0.2, 0) is 11.8 Å². The maximum absolute atomic E-state index is 12.2. The molecular formula is C21H30Cl2N4O2. The molecule has 8 heteroatoms. The van der Waals surface area contributed by atoms with E-state index in [4.69, 9.17) is 27.9 Å². The van der Waals surface area contributed by atoms with Crippen LogP contribution in [0.2, 0.25) is 10.0 Å². The third-order valence-corrected chi connectivity index (χ3v) is 5.13. The standard InChI is InChI=1S/C21H30Cl2N4O2/c1-7-11-27(13-12-25(5)20(28)29-21(2,3)4)18-14-17(24-26(18)6)15-9-8-10-16(22)19(15)23/h8-10,14H,7,11-13H2,1-6H3. The Hall–Kier alpha value is -1.92. The Labute approximate surface area is 183 Å². The lowest BCUT2D eigenvalue weighted by molar-refractivity contribution is 0.0303. The van der Waals surface area contributed by atoms with Crippen molar-refractivity contribution in [2.45, 2.75) is 39.7 Å². The Balaban J connectivity index is 2.18. The summed E-state index contributed by atoms with van der Waals surface area (Å²) in [6.07, 6.45) is 0.638. The van der Waals surface area contributed by atoms with E-state index in [0.717, 1.165) is 30.0 Å². The fourth-order valence-electron chi connectivity index (χ4n) is 2.90. The maximum Gasteiger partial charge on any atom is 0.410 e. The van der Waals surface area contributed by atoms with E-state index in [-0.39, 0.29) is 6.09 Å². The lowest BCUT2D eigenvalue weighted by atomic mass is 10.1. The molecule has 29 heavy (non-hydrogen) atoms. The lowest BCUT2D eigenvalue weighted by Gasteiger charge is -2.28. The van der Waals surface area contributed by atoms with E-state index in [1.165, 1.54) is 0 Å². The predicted octanol–water partition coefficient (Wildman–Crippen LogP) is 5.48. The molecule has 2 rings (SSSR count). The number of likely N-dealkylation sites (N-methyl/N-ethyl adjacent to an activating group) is 1. The zero-order chi connectivity index (χ0) is 21.8. The predicted molar refractivity (Wildman–Crippen MR) is 120 cm³/mol. The summed E-state index contributed by atoms with van der Waals surface area (Å²) in [7, 11) is 3.65. The third kappa shape index (κ3) is 6.28. The van der Waals surface area contributed by atoms with Gasteiger partial charge < -0.3 is 14.5 Å². The molecule has 0 aliphatic carbocycles. The number of hydrogen-bond acceptors (Lipinski definition) is 4. The van der Waals surface area contributed by atoms with Crippen LogP contribution < -0.4 is 4.90 Å². The highest BCUT2D eigenvalue weighted by Crippen LogP contribution is 2.34. The average molecular weight is 441 g/mol. The number of benzene rings is 1. The molecule has 0 saturated carbocycles. The van der Waals surface area contributed by atoms with E-state index in [1.54, 1.807) is 18.0 Å². The molecule has 1 amide bonds. The van der Waals surface area contributed by atoms with Crippen molar-refractivity contribution in [1.82, 2.24) is 14.7 Å². The van der Waals surface area contributed by atoms with Crippen LogP contribution in [0, 0.1) is 0 Å². The van der Waals surface area contributed by atoms with Crippen LogP contribution in [0.5, 0.6) is 0 Å². The van der Waals surface area contributed by atoms with Gasteiger partial charge in [-0.25, -0.2) is 4.79 Å². The second-order valence-corrected chi connectivity index (χ2v) is 8.79. The van der Waals surface area contributed by atoms with Gasteiger partial charge >= 0.3 is 6.09 Å². The number of hydrogen-bond donors (Lipinski definition) is 0. The van der Waals surface area contributed by atoms with Crippen molar-refractivity contribution >= 4 is 35.1 Å². The second-order valence-electron chi connectivity index (χ2n) is 8.00. The Morgan fingerprint density at radius 3 is 2.52 bits per heavy atom. The van der Waals surface area contributed by atoms with Crippen LogP contribution in [-0.4, -0.2) is 53.1 Å². The summed E-state index contributed by atoms with van der Waals surface area (Å²) < 4.78 is 7.26. The molecule has 0 N–H and O–H groups in total. The van der Waals surface area contributed by atoms with E-state index in [1.807, 2.05) is 50.7 Å². The van der Waals surface area contributed by atoms with Gasteiger partial charge in [0.1, 0.15) is 11.4 Å². The van der Waals surface area contributed by atoms with E-state index >= 15 is 0 Å². The third-order valence-electron chi connectivity index (χ3n) is 4.31.